The molecule has 0 radical (unpaired) electrons. The number of halogens is 3. The number of carboxylic acid groups (broad SMARTS) is 1. The Balaban J connectivity index is 3.72. The van der Waals surface area contributed by atoms with Crippen molar-refractivity contribution >= 4 is 5.97 Å². The van der Waals surface area contributed by atoms with E-state index in [-0.39, 0.29) is 6.61 Å². The van der Waals surface area contributed by atoms with Crippen LogP contribution in [0.5, 0.6) is 0 Å². The highest BCUT2D eigenvalue weighted by Gasteiger charge is 2.27. The molecule has 0 spiro atoms. The van der Waals surface area contributed by atoms with Crippen LogP contribution in [-0.4, -0.2) is 43.1 Å². The Hall–Kier alpha value is -0.820. The third-order valence-electron chi connectivity index (χ3n) is 1.75. The van der Waals surface area contributed by atoms with Gasteiger partial charge in [0.1, 0.15) is 6.04 Å². The second-order valence-electron chi connectivity index (χ2n) is 3.29. The molecule has 0 rings (SSSR count). The van der Waals surface area contributed by atoms with Crippen molar-refractivity contribution in [3.05, 3.63) is 0 Å². The van der Waals surface area contributed by atoms with Crippen LogP contribution in [0, 0.1) is 0 Å². The number of alkyl halides is 3. The first kappa shape index (κ1) is 15.2. The van der Waals surface area contributed by atoms with Crippen molar-refractivity contribution in [2.24, 2.45) is 0 Å². The summed E-state index contributed by atoms with van der Waals surface area (Å²) in [5.41, 5.74) is 0. The Labute approximate surface area is 91.8 Å². The lowest BCUT2D eigenvalue weighted by atomic mass is 10.3. The van der Waals surface area contributed by atoms with Crippen LogP contribution in [0.3, 0.4) is 0 Å². The molecule has 0 fully saturated rings. The van der Waals surface area contributed by atoms with Crippen molar-refractivity contribution in [3.63, 3.8) is 0 Å². The number of carboxylic acids is 1. The molecule has 1 unspecified atom stereocenters. The number of aliphatic carboxylic acids is 1. The fraction of sp³-hybridized carbons (Fsp3) is 0.889. The van der Waals surface area contributed by atoms with Gasteiger partial charge in [-0.25, -0.2) is 0 Å². The molecule has 0 bridgehead atoms. The summed E-state index contributed by atoms with van der Waals surface area (Å²) in [6, 6.07) is -0.951. The number of carbonyl (C=O) groups is 1. The van der Waals surface area contributed by atoms with Gasteiger partial charge in [0.05, 0.1) is 19.6 Å². The molecule has 0 saturated heterocycles. The maximum Gasteiger partial charge on any atom is 0.391 e. The van der Waals surface area contributed by atoms with E-state index in [4.69, 9.17) is 5.11 Å². The van der Waals surface area contributed by atoms with Crippen LogP contribution in [0.15, 0.2) is 0 Å². The summed E-state index contributed by atoms with van der Waals surface area (Å²) in [6.45, 7) is 1.57. The van der Waals surface area contributed by atoms with Gasteiger partial charge < -0.3 is 15.2 Å². The van der Waals surface area contributed by atoms with Crippen LogP contribution >= 0.6 is 0 Å². The van der Waals surface area contributed by atoms with Crippen molar-refractivity contribution < 1.29 is 27.8 Å². The molecule has 0 aromatic heterocycles. The van der Waals surface area contributed by atoms with Crippen LogP contribution in [0.1, 0.15) is 19.8 Å². The molecule has 7 heteroatoms. The lowest BCUT2D eigenvalue weighted by molar-refractivity contribution is -0.148. The average Bonchev–Trinajstić information content (AvgIpc) is 2.14. The van der Waals surface area contributed by atoms with E-state index in [0.717, 1.165) is 6.42 Å². The lowest BCUT2D eigenvalue weighted by Crippen LogP contribution is -2.41. The molecule has 4 nitrogen and oxygen atoms in total. The summed E-state index contributed by atoms with van der Waals surface area (Å²) < 4.78 is 39.9. The van der Waals surface area contributed by atoms with Crippen LogP contribution in [0.2, 0.25) is 0 Å². The van der Waals surface area contributed by atoms with Crippen molar-refractivity contribution in [2.45, 2.75) is 32.0 Å². The van der Waals surface area contributed by atoms with E-state index in [9.17, 15) is 18.0 Å². The molecule has 0 saturated carbocycles. The Kier molecular flexibility index (Phi) is 7.07. The maximum absolute atomic E-state index is 11.7. The molecule has 0 heterocycles. The smallest absolute Gasteiger partial charge is 0.391 e. The monoisotopic (exact) mass is 243 g/mol. The number of rotatable bonds is 8. The molecule has 2 N–H and O–H groups in total. The summed E-state index contributed by atoms with van der Waals surface area (Å²) in [5.74, 6) is -1.12. The number of hydrogen-bond donors (Lipinski definition) is 2. The highest BCUT2D eigenvalue weighted by Crippen LogP contribution is 2.18. The zero-order valence-corrected chi connectivity index (χ0v) is 9.01. The molecule has 0 aliphatic heterocycles. The summed E-state index contributed by atoms with van der Waals surface area (Å²) in [7, 11) is 0. The van der Waals surface area contributed by atoms with Gasteiger partial charge in [0.15, 0.2) is 0 Å². The lowest BCUT2D eigenvalue weighted by Gasteiger charge is -2.14. The van der Waals surface area contributed by atoms with E-state index in [1.54, 1.807) is 0 Å². The minimum Gasteiger partial charge on any atom is -0.480 e. The molecule has 0 amide bonds. The molecule has 96 valence electrons. The van der Waals surface area contributed by atoms with Crippen LogP contribution in [-0.2, 0) is 9.53 Å². The first-order valence-corrected chi connectivity index (χ1v) is 4.97. The summed E-state index contributed by atoms with van der Waals surface area (Å²) >= 11 is 0. The van der Waals surface area contributed by atoms with Crippen LogP contribution in [0.25, 0.3) is 0 Å². The fourth-order valence-corrected chi connectivity index (χ4v) is 0.925. The molecule has 0 aromatic rings. The molecule has 16 heavy (non-hydrogen) atoms. The highest BCUT2D eigenvalue weighted by molar-refractivity contribution is 5.73. The topological polar surface area (TPSA) is 58.6 Å². The normalized spacial score (nSPS) is 13.8. The molecular weight excluding hydrogens is 227 g/mol. The number of hydrogen-bond acceptors (Lipinski definition) is 3. The molecule has 1 atom stereocenters. The second-order valence-corrected chi connectivity index (χ2v) is 3.29. The standard InChI is InChI=1S/C9H16F3NO3/c1-2-4-13-7(8(14)15)6-16-5-3-9(10,11)12/h7,13H,2-6H2,1H3,(H,14,15). The first-order valence-electron chi connectivity index (χ1n) is 4.97. The van der Waals surface area contributed by atoms with Gasteiger partial charge in [0.25, 0.3) is 0 Å². The number of ether oxygens (including phenoxy) is 1. The average molecular weight is 243 g/mol. The van der Waals surface area contributed by atoms with Crippen molar-refractivity contribution in [3.8, 4) is 0 Å². The van der Waals surface area contributed by atoms with Gasteiger partial charge in [0.2, 0.25) is 0 Å². The van der Waals surface area contributed by atoms with E-state index in [2.05, 4.69) is 10.1 Å². The Morgan fingerprint density at radius 2 is 2.12 bits per heavy atom. The first-order chi connectivity index (χ1) is 7.37. The third-order valence-corrected chi connectivity index (χ3v) is 1.75. The largest absolute Gasteiger partial charge is 0.480 e. The Morgan fingerprint density at radius 3 is 2.56 bits per heavy atom. The quantitative estimate of drug-likeness (QED) is 0.633. The van der Waals surface area contributed by atoms with Gasteiger partial charge in [0, 0.05) is 0 Å². The van der Waals surface area contributed by atoms with Gasteiger partial charge in [-0.15, -0.1) is 0 Å². The van der Waals surface area contributed by atoms with E-state index >= 15 is 0 Å². The molecule has 0 aromatic carbocycles. The van der Waals surface area contributed by atoms with E-state index < -0.39 is 31.2 Å². The molecule has 0 aliphatic carbocycles. The van der Waals surface area contributed by atoms with E-state index in [1.807, 2.05) is 6.92 Å². The fourth-order valence-electron chi connectivity index (χ4n) is 0.925. The Bertz CT molecular complexity index is 209. The van der Waals surface area contributed by atoms with Crippen LogP contribution < -0.4 is 5.32 Å². The van der Waals surface area contributed by atoms with Crippen molar-refractivity contribution in [1.29, 1.82) is 0 Å². The highest BCUT2D eigenvalue weighted by atomic mass is 19.4. The second kappa shape index (κ2) is 7.45. The minimum absolute atomic E-state index is 0.259. The minimum atomic E-state index is -4.27. The Morgan fingerprint density at radius 1 is 1.50 bits per heavy atom. The predicted molar refractivity (Wildman–Crippen MR) is 51.2 cm³/mol. The van der Waals surface area contributed by atoms with E-state index in [1.165, 1.54) is 0 Å². The van der Waals surface area contributed by atoms with Gasteiger partial charge in [-0.2, -0.15) is 13.2 Å². The van der Waals surface area contributed by atoms with Crippen molar-refractivity contribution in [1.82, 2.24) is 5.32 Å². The van der Waals surface area contributed by atoms with Gasteiger partial charge in [-0.1, -0.05) is 6.92 Å². The SMILES string of the molecule is CCCNC(COCCC(F)(F)F)C(=O)O. The van der Waals surface area contributed by atoms with E-state index in [0.29, 0.717) is 6.54 Å². The maximum atomic E-state index is 11.7. The van der Waals surface area contributed by atoms with Gasteiger partial charge >= 0.3 is 12.1 Å². The number of nitrogens with one attached hydrogen (secondary N) is 1. The molecule has 0 aliphatic rings. The van der Waals surface area contributed by atoms with Gasteiger partial charge in [-0.05, 0) is 13.0 Å². The molecular formula is C9H16F3NO3. The third kappa shape index (κ3) is 8.49. The zero-order chi connectivity index (χ0) is 12.6. The predicted octanol–water partition coefficient (Wildman–Crippen LogP) is 1.41. The van der Waals surface area contributed by atoms with Gasteiger partial charge in [-0.3, -0.25) is 4.79 Å². The van der Waals surface area contributed by atoms with Crippen LogP contribution in [0.4, 0.5) is 13.2 Å². The zero-order valence-electron chi connectivity index (χ0n) is 9.01. The summed E-state index contributed by atoms with van der Waals surface area (Å²) in [5, 5.41) is 11.4. The van der Waals surface area contributed by atoms with Crippen molar-refractivity contribution in [2.75, 3.05) is 19.8 Å². The summed E-state index contributed by atoms with van der Waals surface area (Å²) in [4.78, 5) is 10.6. The summed E-state index contributed by atoms with van der Waals surface area (Å²) in [6.07, 6.45) is -4.59.